The van der Waals surface area contributed by atoms with Crippen LogP contribution in [-0.2, 0) is 0 Å². The zero-order valence-corrected chi connectivity index (χ0v) is 17.1. The summed E-state index contributed by atoms with van der Waals surface area (Å²) in [6, 6.07) is 10.6. The fourth-order valence-electron chi connectivity index (χ4n) is 3.25. The van der Waals surface area contributed by atoms with Crippen molar-refractivity contribution in [1.82, 2.24) is 14.8 Å². The van der Waals surface area contributed by atoms with Crippen LogP contribution in [0, 0.1) is 6.92 Å². The minimum absolute atomic E-state index is 0.179. The minimum atomic E-state index is -0.258. The van der Waals surface area contributed by atoms with Crippen LogP contribution in [0.1, 0.15) is 37.0 Å². The van der Waals surface area contributed by atoms with Crippen molar-refractivity contribution >= 4 is 34.2 Å². The molecule has 2 aromatic heterocycles. The molecule has 8 nitrogen and oxygen atoms in total. The van der Waals surface area contributed by atoms with Crippen LogP contribution in [0.2, 0.25) is 0 Å². The molecule has 0 unspecified atom stereocenters. The number of amides is 3. The zero-order chi connectivity index (χ0) is 21.1. The lowest BCUT2D eigenvalue weighted by Gasteiger charge is -2.33. The second-order valence-corrected chi connectivity index (χ2v) is 7.73. The number of carbonyl (C=O) groups is 3. The molecule has 1 aromatic carbocycles. The highest BCUT2D eigenvalue weighted by atomic mass is 32.1. The number of thiazole rings is 1. The number of benzene rings is 1. The summed E-state index contributed by atoms with van der Waals surface area (Å²) < 4.78 is 5.15. The molecule has 30 heavy (non-hydrogen) atoms. The van der Waals surface area contributed by atoms with E-state index in [9.17, 15) is 14.4 Å². The molecule has 4 rings (SSSR count). The van der Waals surface area contributed by atoms with Gasteiger partial charge in [-0.15, -0.1) is 11.3 Å². The standard InChI is InChI=1S/C21H20N4O4S/c1-14-5-2-3-6-15(14)18(26)23-21-22-16(13-30-21)19(27)24-8-10-25(11-9-24)20(28)17-7-4-12-29-17/h2-7,12-13H,8-11H2,1H3,(H,22,23,26). The van der Waals surface area contributed by atoms with Crippen LogP contribution >= 0.6 is 11.3 Å². The molecule has 1 aliphatic heterocycles. The lowest BCUT2D eigenvalue weighted by molar-refractivity contribution is 0.0515. The average molecular weight is 424 g/mol. The minimum Gasteiger partial charge on any atom is -0.459 e. The normalized spacial score (nSPS) is 13.9. The van der Waals surface area contributed by atoms with E-state index < -0.39 is 0 Å². The van der Waals surface area contributed by atoms with Crippen molar-refractivity contribution in [3.05, 3.63) is 70.6 Å². The first-order valence-corrected chi connectivity index (χ1v) is 10.4. The molecule has 0 aliphatic carbocycles. The van der Waals surface area contributed by atoms with Crippen LogP contribution in [0.4, 0.5) is 5.13 Å². The first kappa shape index (κ1) is 19.8. The molecule has 1 saturated heterocycles. The van der Waals surface area contributed by atoms with Gasteiger partial charge in [-0.25, -0.2) is 4.98 Å². The number of furan rings is 1. The van der Waals surface area contributed by atoms with Crippen molar-refractivity contribution < 1.29 is 18.8 Å². The summed E-state index contributed by atoms with van der Waals surface area (Å²) in [4.78, 5) is 45.1. The van der Waals surface area contributed by atoms with Gasteiger partial charge in [-0.2, -0.15) is 0 Å². The number of nitrogens with zero attached hydrogens (tertiary/aromatic N) is 3. The Balaban J connectivity index is 1.35. The summed E-state index contributed by atoms with van der Waals surface area (Å²) >= 11 is 1.21. The largest absolute Gasteiger partial charge is 0.459 e. The van der Waals surface area contributed by atoms with Crippen LogP contribution in [-0.4, -0.2) is 58.7 Å². The van der Waals surface area contributed by atoms with Gasteiger partial charge in [0.15, 0.2) is 10.9 Å². The Morgan fingerprint density at radius 1 is 1.00 bits per heavy atom. The summed E-state index contributed by atoms with van der Waals surface area (Å²) in [5.74, 6) is -0.357. The number of anilines is 1. The van der Waals surface area contributed by atoms with Gasteiger partial charge in [-0.05, 0) is 30.7 Å². The van der Waals surface area contributed by atoms with Gasteiger partial charge in [0.2, 0.25) is 0 Å². The van der Waals surface area contributed by atoms with Crippen molar-refractivity contribution in [3.8, 4) is 0 Å². The van der Waals surface area contributed by atoms with Gasteiger partial charge in [0.1, 0.15) is 5.69 Å². The van der Waals surface area contributed by atoms with Gasteiger partial charge in [0, 0.05) is 37.1 Å². The van der Waals surface area contributed by atoms with Gasteiger partial charge in [0.25, 0.3) is 17.7 Å². The highest BCUT2D eigenvalue weighted by Gasteiger charge is 2.27. The second-order valence-electron chi connectivity index (χ2n) is 6.87. The first-order chi connectivity index (χ1) is 14.5. The van der Waals surface area contributed by atoms with E-state index >= 15 is 0 Å². The Hall–Kier alpha value is -3.46. The molecule has 9 heteroatoms. The monoisotopic (exact) mass is 424 g/mol. The quantitative estimate of drug-likeness (QED) is 0.695. The third-order valence-corrected chi connectivity index (χ3v) is 5.68. The second kappa shape index (κ2) is 8.50. The summed E-state index contributed by atoms with van der Waals surface area (Å²) in [7, 11) is 0. The molecular weight excluding hydrogens is 404 g/mol. The van der Waals surface area contributed by atoms with Crippen molar-refractivity contribution in [3.63, 3.8) is 0 Å². The van der Waals surface area contributed by atoms with Crippen LogP contribution in [0.15, 0.2) is 52.5 Å². The van der Waals surface area contributed by atoms with Gasteiger partial charge >= 0.3 is 0 Å². The van der Waals surface area contributed by atoms with E-state index in [1.54, 1.807) is 39.4 Å². The number of rotatable bonds is 4. The van der Waals surface area contributed by atoms with E-state index in [0.717, 1.165) is 5.56 Å². The number of piperazine rings is 1. The Kier molecular flexibility index (Phi) is 5.62. The fourth-order valence-corrected chi connectivity index (χ4v) is 3.93. The highest BCUT2D eigenvalue weighted by Crippen LogP contribution is 2.20. The predicted molar refractivity (Wildman–Crippen MR) is 112 cm³/mol. The Labute approximate surface area is 177 Å². The van der Waals surface area contributed by atoms with Gasteiger partial charge < -0.3 is 14.2 Å². The molecule has 0 atom stereocenters. The average Bonchev–Trinajstić information content (AvgIpc) is 3.45. The van der Waals surface area contributed by atoms with Crippen molar-refractivity contribution in [2.45, 2.75) is 6.92 Å². The molecule has 3 amide bonds. The molecule has 154 valence electrons. The molecule has 1 N–H and O–H groups in total. The van der Waals surface area contributed by atoms with Crippen molar-refractivity contribution in [2.75, 3.05) is 31.5 Å². The number of carbonyl (C=O) groups excluding carboxylic acids is 3. The van der Waals surface area contributed by atoms with E-state index in [0.29, 0.717) is 42.6 Å². The van der Waals surface area contributed by atoms with E-state index in [-0.39, 0.29) is 23.4 Å². The molecule has 1 fully saturated rings. The van der Waals surface area contributed by atoms with E-state index in [1.165, 1.54) is 17.6 Å². The van der Waals surface area contributed by atoms with Crippen LogP contribution < -0.4 is 5.32 Å². The molecular formula is C21H20N4O4S. The smallest absolute Gasteiger partial charge is 0.289 e. The summed E-state index contributed by atoms with van der Waals surface area (Å²) in [6.07, 6.45) is 1.46. The predicted octanol–water partition coefficient (Wildman–Crippen LogP) is 2.90. The molecule has 3 heterocycles. The Morgan fingerprint density at radius 2 is 1.70 bits per heavy atom. The molecule has 0 saturated carbocycles. The zero-order valence-electron chi connectivity index (χ0n) is 16.3. The maximum Gasteiger partial charge on any atom is 0.289 e. The molecule has 3 aromatic rings. The first-order valence-electron chi connectivity index (χ1n) is 9.47. The van der Waals surface area contributed by atoms with Crippen LogP contribution in [0.25, 0.3) is 0 Å². The summed E-state index contributed by atoms with van der Waals surface area (Å²) in [5.41, 5.74) is 1.72. The molecule has 0 radical (unpaired) electrons. The van der Waals surface area contributed by atoms with E-state index in [2.05, 4.69) is 10.3 Å². The molecule has 0 spiro atoms. The van der Waals surface area contributed by atoms with Crippen molar-refractivity contribution in [2.24, 2.45) is 0 Å². The number of nitrogens with one attached hydrogen (secondary N) is 1. The summed E-state index contributed by atoms with van der Waals surface area (Å²) in [6.45, 7) is 3.53. The van der Waals surface area contributed by atoms with Crippen LogP contribution in [0.5, 0.6) is 0 Å². The maximum absolute atomic E-state index is 12.8. The van der Waals surface area contributed by atoms with Gasteiger partial charge in [0.05, 0.1) is 6.26 Å². The third kappa shape index (κ3) is 4.11. The SMILES string of the molecule is Cc1ccccc1C(=O)Nc1nc(C(=O)N2CCN(C(=O)c3ccco3)CC2)cs1. The fraction of sp³-hybridized carbons (Fsp3) is 0.238. The lowest BCUT2D eigenvalue weighted by atomic mass is 10.1. The number of hydrogen-bond acceptors (Lipinski definition) is 6. The maximum atomic E-state index is 12.8. The third-order valence-electron chi connectivity index (χ3n) is 4.92. The molecule has 1 aliphatic rings. The van der Waals surface area contributed by atoms with E-state index in [1.807, 2.05) is 19.1 Å². The summed E-state index contributed by atoms with van der Waals surface area (Å²) in [5, 5.41) is 4.76. The van der Waals surface area contributed by atoms with Gasteiger partial charge in [-0.1, -0.05) is 18.2 Å². The Morgan fingerprint density at radius 3 is 2.37 bits per heavy atom. The number of aryl methyl sites for hydroxylation is 1. The highest BCUT2D eigenvalue weighted by molar-refractivity contribution is 7.14. The lowest BCUT2D eigenvalue weighted by Crippen LogP contribution is -2.50. The topological polar surface area (TPSA) is 95.8 Å². The number of hydrogen-bond donors (Lipinski definition) is 1. The van der Waals surface area contributed by atoms with Crippen LogP contribution in [0.3, 0.4) is 0 Å². The molecule has 0 bridgehead atoms. The van der Waals surface area contributed by atoms with Gasteiger partial charge in [-0.3, -0.25) is 19.7 Å². The number of aromatic nitrogens is 1. The van der Waals surface area contributed by atoms with Crippen molar-refractivity contribution in [1.29, 1.82) is 0 Å². The van der Waals surface area contributed by atoms with E-state index in [4.69, 9.17) is 4.42 Å². The Bertz CT molecular complexity index is 1070.